The van der Waals surface area contributed by atoms with Gasteiger partial charge in [0.2, 0.25) is 12.5 Å². The second kappa shape index (κ2) is 7.39. The second-order valence-corrected chi connectivity index (χ2v) is 8.14. The molecule has 4 N–H and O–H groups in total. The minimum Gasteiger partial charge on any atom is -0.479 e. The highest BCUT2D eigenvalue weighted by molar-refractivity contribution is 8.03. The Kier molecular flexibility index (Phi) is 5.33. The summed E-state index contributed by atoms with van der Waals surface area (Å²) in [6.07, 6.45) is -0.370. The molecular weight excluding hydrogens is 378 g/mol. The highest BCUT2D eigenvalue weighted by Gasteiger charge is 2.60. The first-order valence-corrected chi connectivity index (χ1v) is 9.40. The minimum atomic E-state index is -1.16. The van der Waals surface area contributed by atoms with E-state index in [4.69, 9.17) is 9.94 Å². The van der Waals surface area contributed by atoms with Crippen LogP contribution in [-0.4, -0.2) is 74.4 Å². The molecule has 0 aromatic heterocycles. The predicted molar refractivity (Wildman–Crippen MR) is 94.7 cm³/mol. The average Bonchev–Trinajstić information content (AvgIpc) is 3.09. The Morgan fingerprint density at radius 1 is 1.44 bits per heavy atom. The number of aliphatic hydroxyl groups is 1. The maximum atomic E-state index is 12.3. The van der Waals surface area contributed by atoms with Gasteiger partial charge in [0.15, 0.2) is 0 Å². The number of oxime groups is 1. The van der Waals surface area contributed by atoms with Crippen molar-refractivity contribution in [3.63, 3.8) is 0 Å². The Balaban J connectivity index is 1.72. The summed E-state index contributed by atoms with van der Waals surface area (Å²) in [6.45, 7) is 3.39. The molecule has 0 aromatic carbocycles. The van der Waals surface area contributed by atoms with Gasteiger partial charge in [-0.3, -0.25) is 4.79 Å². The van der Waals surface area contributed by atoms with Crippen molar-refractivity contribution in [3.8, 4) is 0 Å². The van der Waals surface area contributed by atoms with Gasteiger partial charge in [0.1, 0.15) is 11.5 Å². The Morgan fingerprint density at radius 2 is 2.15 bits per heavy atom. The van der Waals surface area contributed by atoms with E-state index < -0.39 is 30.6 Å². The molecule has 3 aliphatic heterocycles. The van der Waals surface area contributed by atoms with E-state index in [0.29, 0.717) is 23.7 Å². The smallest absolute Gasteiger partial charge is 0.353 e. The number of hydrogen-bond acceptors (Lipinski definition) is 7. The number of nitrogens with one attached hydrogen (secondary N) is 1. The van der Waals surface area contributed by atoms with Crippen LogP contribution in [0.3, 0.4) is 0 Å². The third-order valence-corrected chi connectivity index (χ3v) is 6.41. The summed E-state index contributed by atoms with van der Waals surface area (Å²) < 4.78 is 0. The van der Waals surface area contributed by atoms with Crippen molar-refractivity contribution in [2.75, 3.05) is 13.2 Å². The molecule has 5 atom stereocenters. The monoisotopic (exact) mass is 399 g/mol. The van der Waals surface area contributed by atoms with E-state index in [2.05, 4.69) is 10.5 Å². The summed E-state index contributed by atoms with van der Waals surface area (Å²) in [5, 5.41) is 34.7. The van der Waals surface area contributed by atoms with Crippen LogP contribution in [0.5, 0.6) is 0 Å². The number of aliphatic hydroxyl groups excluding tert-OH is 1. The average molecular weight is 399 g/mol. The van der Waals surface area contributed by atoms with Gasteiger partial charge in [-0.1, -0.05) is 12.1 Å². The summed E-state index contributed by atoms with van der Waals surface area (Å²) >= 11 is 1.37. The van der Waals surface area contributed by atoms with E-state index in [9.17, 15) is 24.6 Å². The van der Waals surface area contributed by atoms with Gasteiger partial charge in [-0.15, -0.1) is 11.8 Å². The van der Waals surface area contributed by atoms with Gasteiger partial charge < -0.3 is 30.4 Å². The molecule has 3 aliphatic rings. The highest BCUT2D eigenvalue weighted by Crippen LogP contribution is 2.51. The first kappa shape index (κ1) is 19.5. The molecule has 0 saturated carbocycles. The maximum absolute atomic E-state index is 12.3. The molecule has 3 heterocycles. The summed E-state index contributed by atoms with van der Waals surface area (Å²) in [4.78, 5) is 41.1. The summed E-state index contributed by atoms with van der Waals surface area (Å²) in [6, 6.07) is -0.340. The summed E-state index contributed by atoms with van der Waals surface area (Å²) in [5.41, 5.74) is -0.00749. The van der Waals surface area contributed by atoms with Crippen molar-refractivity contribution in [1.29, 1.82) is 0 Å². The normalized spacial score (nSPS) is 32.2. The Hall–Kier alpha value is -2.27. The number of carbonyl (C=O) groups excluding carboxylic acids is 1. The van der Waals surface area contributed by atoms with Crippen LogP contribution < -0.4 is 5.32 Å². The molecule has 148 valence electrons. The number of carbonyl (C=O) groups is 3. The molecule has 27 heavy (non-hydrogen) atoms. The number of carboxylic acids is 2. The molecule has 11 heteroatoms. The number of rotatable bonds is 7. The number of aliphatic carboxylic acids is 2. The number of amides is 1. The van der Waals surface area contributed by atoms with Crippen LogP contribution in [0.15, 0.2) is 15.8 Å². The standard InChI is InChI=1S/C16H21N3O7S/c1-6-12-11(7(2)20)15(23)19(12)13(16(24)25)14(6)27-8-3-9(17-4-8)18-26-5-10(21)22/h6-8,11-12,20H,3-5H2,1-2H3,(H,17,18)(H,21,22)(H,24,25)/t6-,7?,8+,11-,12-/m1/s1. The van der Waals surface area contributed by atoms with E-state index in [1.54, 1.807) is 6.92 Å². The van der Waals surface area contributed by atoms with E-state index in [1.165, 1.54) is 16.7 Å². The lowest BCUT2D eigenvalue weighted by Crippen LogP contribution is -2.63. The number of thioether (sulfide) groups is 1. The molecule has 0 radical (unpaired) electrons. The zero-order valence-corrected chi connectivity index (χ0v) is 15.6. The fraction of sp³-hybridized carbons (Fsp3) is 0.625. The maximum Gasteiger partial charge on any atom is 0.353 e. The van der Waals surface area contributed by atoms with Crippen LogP contribution in [0.25, 0.3) is 0 Å². The van der Waals surface area contributed by atoms with Crippen LogP contribution in [0.1, 0.15) is 20.3 Å². The molecule has 0 bridgehead atoms. The van der Waals surface area contributed by atoms with Gasteiger partial charge in [-0.05, 0) is 6.92 Å². The van der Waals surface area contributed by atoms with Crippen LogP contribution in [0.2, 0.25) is 0 Å². The summed E-state index contributed by atoms with van der Waals surface area (Å²) in [7, 11) is 0. The lowest BCUT2D eigenvalue weighted by Gasteiger charge is -2.46. The number of β-lactam (4-membered cyclic amide) rings is 1. The van der Waals surface area contributed by atoms with Gasteiger partial charge >= 0.3 is 11.9 Å². The lowest BCUT2D eigenvalue weighted by molar-refractivity contribution is -0.163. The summed E-state index contributed by atoms with van der Waals surface area (Å²) in [5.74, 6) is -2.92. The highest BCUT2D eigenvalue weighted by atomic mass is 32.2. The largest absolute Gasteiger partial charge is 0.479 e. The van der Waals surface area contributed by atoms with Gasteiger partial charge in [0.25, 0.3) is 0 Å². The van der Waals surface area contributed by atoms with E-state index in [0.717, 1.165) is 0 Å². The first-order valence-electron chi connectivity index (χ1n) is 8.52. The van der Waals surface area contributed by atoms with Crippen LogP contribution in [-0.2, 0) is 19.2 Å². The number of nitrogens with zero attached hydrogens (tertiary/aromatic N) is 2. The van der Waals surface area contributed by atoms with Crippen molar-refractivity contribution in [2.24, 2.45) is 17.0 Å². The lowest BCUT2D eigenvalue weighted by atomic mass is 9.79. The molecule has 2 fully saturated rings. The Morgan fingerprint density at radius 3 is 2.74 bits per heavy atom. The number of amidine groups is 1. The van der Waals surface area contributed by atoms with Crippen molar-refractivity contribution in [3.05, 3.63) is 10.6 Å². The van der Waals surface area contributed by atoms with Crippen molar-refractivity contribution in [1.82, 2.24) is 10.2 Å². The van der Waals surface area contributed by atoms with Crippen molar-refractivity contribution >= 4 is 35.4 Å². The Bertz CT molecular complexity index is 736. The molecule has 2 saturated heterocycles. The molecule has 0 aromatic rings. The zero-order valence-electron chi connectivity index (χ0n) is 14.8. The topological polar surface area (TPSA) is 149 Å². The predicted octanol–water partition coefficient (Wildman–Crippen LogP) is -0.350. The van der Waals surface area contributed by atoms with Gasteiger partial charge in [-0.25, -0.2) is 9.59 Å². The van der Waals surface area contributed by atoms with Crippen molar-refractivity contribution < 1.29 is 34.5 Å². The molecule has 1 unspecified atom stereocenters. The third-order valence-electron chi connectivity index (χ3n) is 4.92. The quantitative estimate of drug-likeness (QED) is 0.333. The SMILES string of the molecule is CC(O)[C@H]1C(=O)N2C(C(=O)O)=C(S[C@@H]3CNC(=NOCC(=O)O)C3)[C@H](C)[C@H]12. The Labute approximate surface area is 159 Å². The third kappa shape index (κ3) is 3.48. The first-order chi connectivity index (χ1) is 12.7. The zero-order chi connectivity index (χ0) is 19.9. The fourth-order valence-electron chi connectivity index (χ4n) is 3.77. The van der Waals surface area contributed by atoms with Crippen LogP contribution in [0.4, 0.5) is 0 Å². The van der Waals surface area contributed by atoms with Gasteiger partial charge in [0.05, 0.1) is 18.1 Å². The molecule has 1 amide bonds. The number of carboxylic acid groups (broad SMARTS) is 2. The number of fused-ring (bicyclic) bond motifs is 1. The molecular formula is C16H21N3O7S. The van der Waals surface area contributed by atoms with Crippen LogP contribution in [0, 0.1) is 11.8 Å². The second-order valence-electron chi connectivity index (χ2n) is 6.80. The number of hydrogen-bond donors (Lipinski definition) is 4. The van der Waals surface area contributed by atoms with Gasteiger partial charge in [0, 0.05) is 29.0 Å². The molecule has 10 nitrogen and oxygen atoms in total. The van der Waals surface area contributed by atoms with Crippen LogP contribution >= 0.6 is 11.8 Å². The van der Waals surface area contributed by atoms with E-state index >= 15 is 0 Å². The molecule has 0 aliphatic carbocycles. The van der Waals surface area contributed by atoms with E-state index in [-0.39, 0.29) is 28.8 Å². The van der Waals surface area contributed by atoms with Crippen molar-refractivity contribution in [2.45, 2.75) is 37.7 Å². The molecule has 3 rings (SSSR count). The molecule has 0 spiro atoms. The fourth-order valence-corrected chi connectivity index (χ4v) is 5.19. The minimum absolute atomic E-state index is 0.00749. The van der Waals surface area contributed by atoms with E-state index in [1.807, 2.05) is 6.92 Å². The van der Waals surface area contributed by atoms with Gasteiger partial charge in [-0.2, -0.15) is 0 Å².